The minimum atomic E-state index is -1.01. The number of carbonyl (C=O) groups excluding carboxylic acids is 1. The van der Waals surface area contributed by atoms with E-state index in [4.69, 9.17) is 4.74 Å². The fourth-order valence-electron chi connectivity index (χ4n) is 1.90. The first kappa shape index (κ1) is 11.2. The zero-order valence-electron chi connectivity index (χ0n) is 8.93. The van der Waals surface area contributed by atoms with E-state index < -0.39 is 17.2 Å². The van der Waals surface area contributed by atoms with Crippen LogP contribution < -0.4 is 0 Å². The van der Waals surface area contributed by atoms with Crippen molar-refractivity contribution in [2.45, 2.75) is 25.4 Å². The fourth-order valence-corrected chi connectivity index (χ4v) is 1.90. The van der Waals surface area contributed by atoms with E-state index in [0.717, 1.165) is 18.6 Å². The predicted octanol–water partition coefficient (Wildman–Crippen LogP) is 2.72. The minimum absolute atomic E-state index is 0.156. The topological polar surface area (TPSA) is 26.3 Å². The third-order valence-electron chi connectivity index (χ3n) is 2.88. The maximum absolute atomic E-state index is 13.0. The van der Waals surface area contributed by atoms with Crippen LogP contribution in [-0.4, -0.2) is 18.0 Å². The number of Topliss-reactive ketones (excluding diaryl/α,β-unsaturated/α-hetero) is 1. The van der Waals surface area contributed by atoms with Crippen molar-refractivity contribution in [1.82, 2.24) is 0 Å². The Kier molecular flexibility index (Phi) is 2.76. The van der Waals surface area contributed by atoms with Crippen LogP contribution in [0.5, 0.6) is 0 Å². The maximum Gasteiger partial charge on any atom is 0.194 e. The summed E-state index contributed by atoms with van der Waals surface area (Å²) in [5.41, 5.74) is -0.729. The third kappa shape index (κ3) is 1.85. The van der Waals surface area contributed by atoms with Gasteiger partial charge in [0, 0.05) is 12.2 Å². The molecule has 86 valence electrons. The van der Waals surface area contributed by atoms with Crippen molar-refractivity contribution in [2.75, 3.05) is 6.61 Å². The number of rotatable bonds is 2. The van der Waals surface area contributed by atoms with E-state index in [9.17, 15) is 13.6 Å². The highest BCUT2D eigenvalue weighted by molar-refractivity contribution is 6.02. The van der Waals surface area contributed by atoms with Crippen LogP contribution in [0.25, 0.3) is 0 Å². The second-order valence-corrected chi connectivity index (χ2v) is 4.14. The molecule has 0 radical (unpaired) electrons. The van der Waals surface area contributed by atoms with E-state index in [-0.39, 0.29) is 11.3 Å². The second kappa shape index (κ2) is 3.94. The van der Waals surface area contributed by atoms with Crippen molar-refractivity contribution < 1.29 is 18.3 Å². The van der Waals surface area contributed by atoms with Crippen LogP contribution in [0.1, 0.15) is 30.1 Å². The molecule has 1 aromatic rings. The number of carbonyl (C=O) groups is 1. The summed E-state index contributed by atoms with van der Waals surface area (Å²) in [6, 6.07) is 3.17. The lowest BCUT2D eigenvalue weighted by Crippen LogP contribution is -2.34. The van der Waals surface area contributed by atoms with Crippen molar-refractivity contribution in [3.8, 4) is 0 Å². The molecular weight excluding hydrogens is 214 g/mol. The second-order valence-electron chi connectivity index (χ2n) is 4.14. The molecule has 0 amide bonds. The van der Waals surface area contributed by atoms with Crippen molar-refractivity contribution in [2.24, 2.45) is 0 Å². The molecule has 0 spiro atoms. The zero-order valence-corrected chi connectivity index (χ0v) is 8.93. The Morgan fingerprint density at radius 2 is 2.12 bits per heavy atom. The highest BCUT2D eigenvalue weighted by Crippen LogP contribution is 2.29. The van der Waals surface area contributed by atoms with Gasteiger partial charge in [-0.15, -0.1) is 0 Å². The Bertz CT molecular complexity index is 423. The summed E-state index contributed by atoms with van der Waals surface area (Å²) < 4.78 is 31.1. The van der Waals surface area contributed by atoms with Gasteiger partial charge in [-0.2, -0.15) is 0 Å². The number of hydrogen-bond acceptors (Lipinski definition) is 2. The molecule has 0 saturated carbocycles. The molecular formula is C12H12F2O2. The third-order valence-corrected chi connectivity index (χ3v) is 2.88. The molecule has 2 nitrogen and oxygen atoms in total. The molecule has 2 rings (SSSR count). The summed E-state index contributed by atoms with van der Waals surface area (Å²) >= 11 is 0. The molecule has 1 atom stereocenters. The first-order valence-corrected chi connectivity index (χ1v) is 5.17. The van der Waals surface area contributed by atoms with Gasteiger partial charge in [0.1, 0.15) is 5.60 Å². The number of hydrogen-bond donors (Lipinski definition) is 0. The zero-order chi connectivity index (χ0) is 11.8. The van der Waals surface area contributed by atoms with Gasteiger partial charge in [0.15, 0.2) is 17.4 Å². The summed E-state index contributed by atoms with van der Waals surface area (Å²) in [6.45, 7) is 2.22. The summed E-state index contributed by atoms with van der Waals surface area (Å²) in [4.78, 5) is 12.0. The number of halogens is 2. The standard InChI is InChI=1S/C12H12F2O2/c1-12(5-2-6-16-12)11(15)8-3-4-9(13)10(14)7-8/h3-4,7H,2,5-6H2,1H3. The average Bonchev–Trinajstić information content (AvgIpc) is 2.70. The lowest BCUT2D eigenvalue weighted by atomic mass is 9.92. The maximum atomic E-state index is 13.0. The molecule has 1 saturated heterocycles. The van der Waals surface area contributed by atoms with Crippen LogP contribution in [0.2, 0.25) is 0 Å². The molecule has 1 unspecified atom stereocenters. The Balaban J connectivity index is 2.30. The van der Waals surface area contributed by atoms with E-state index >= 15 is 0 Å². The smallest absolute Gasteiger partial charge is 0.194 e. The van der Waals surface area contributed by atoms with Gasteiger partial charge in [-0.25, -0.2) is 8.78 Å². The lowest BCUT2D eigenvalue weighted by Gasteiger charge is -2.21. The molecule has 1 aromatic carbocycles. The first-order valence-electron chi connectivity index (χ1n) is 5.17. The molecule has 4 heteroatoms. The average molecular weight is 226 g/mol. The Labute approximate surface area is 92.2 Å². The van der Waals surface area contributed by atoms with Gasteiger partial charge in [-0.05, 0) is 38.0 Å². The van der Waals surface area contributed by atoms with Gasteiger partial charge >= 0.3 is 0 Å². The van der Waals surface area contributed by atoms with Gasteiger partial charge in [0.2, 0.25) is 0 Å². The van der Waals surface area contributed by atoms with E-state index in [0.29, 0.717) is 13.0 Å². The SMILES string of the molecule is CC1(C(=O)c2ccc(F)c(F)c2)CCCO1. The molecule has 1 aliphatic heterocycles. The van der Waals surface area contributed by atoms with Gasteiger partial charge in [0.25, 0.3) is 0 Å². The fraction of sp³-hybridized carbons (Fsp3) is 0.417. The Hall–Kier alpha value is -1.29. The van der Waals surface area contributed by atoms with Gasteiger partial charge in [-0.1, -0.05) is 0 Å². The van der Waals surface area contributed by atoms with E-state index in [2.05, 4.69) is 0 Å². The first-order chi connectivity index (χ1) is 7.53. The van der Waals surface area contributed by atoms with Crippen molar-refractivity contribution >= 4 is 5.78 Å². The van der Waals surface area contributed by atoms with Crippen LogP contribution in [0, 0.1) is 11.6 Å². The largest absolute Gasteiger partial charge is 0.367 e. The van der Waals surface area contributed by atoms with Crippen LogP contribution in [0.15, 0.2) is 18.2 Å². The number of benzene rings is 1. The molecule has 0 bridgehead atoms. The van der Waals surface area contributed by atoms with E-state index in [1.54, 1.807) is 6.92 Å². The quantitative estimate of drug-likeness (QED) is 0.725. The molecule has 1 aliphatic rings. The van der Waals surface area contributed by atoms with Crippen LogP contribution in [0.3, 0.4) is 0 Å². The summed E-state index contributed by atoms with van der Waals surface area (Å²) in [6.07, 6.45) is 1.43. The van der Waals surface area contributed by atoms with E-state index in [1.807, 2.05) is 0 Å². The molecule has 0 aromatic heterocycles. The van der Waals surface area contributed by atoms with Gasteiger partial charge in [-0.3, -0.25) is 4.79 Å². The van der Waals surface area contributed by atoms with Crippen LogP contribution >= 0.6 is 0 Å². The Morgan fingerprint density at radius 3 is 2.69 bits per heavy atom. The number of ketones is 1. The molecule has 1 fully saturated rings. The molecule has 16 heavy (non-hydrogen) atoms. The lowest BCUT2D eigenvalue weighted by molar-refractivity contribution is 0.0213. The van der Waals surface area contributed by atoms with Gasteiger partial charge in [0.05, 0.1) is 0 Å². The van der Waals surface area contributed by atoms with Crippen LogP contribution in [0.4, 0.5) is 8.78 Å². The summed E-state index contributed by atoms with van der Waals surface area (Å²) in [5, 5.41) is 0. The number of ether oxygens (including phenoxy) is 1. The molecule has 0 aliphatic carbocycles. The monoisotopic (exact) mass is 226 g/mol. The molecule has 1 heterocycles. The minimum Gasteiger partial charge on any atom is -0.367 e. The normalized spacial score (nSPS) is 24.7. The van der Waals surface area contributed by atoms with Crippen LogP contribution in [-0.2, 0) is 4.74 Å². The van der Waals surface area contributed by atoms with Gasteiger partial charge < -0.3 is 4.74 Å². The highest BCUT2D eigenvalue weighted by Gasteiger charge is 2.38. The highest BCUT2D eigenvalue weighted by atomic mass is 19.2. The van der Waals surface area contributed by atoms with Crippen molar-refractivity contribution in [3.63, 3.8) is 0 Å². The summed E-state index contributed by atoms with van der Waals surface area (Å²) in [7, 11) is 0. The predicted molar refractivity (Wildman–Crippen MR) is 54.3 cm³/mol. The summed E-state index contributed by atoms with van der Waals surface area (Å²) in [5.74, 6) is -2.25. The van der Waals surface area contributed by atoms with Crippen molar-refractivity contribution in [1.29, 1.82) is 0 Å². The van der Waals surface area contributed by atoms with Crippen molar-refractivity contribution in [3.05, 3.63) is 35.4 Å². The van der Waals surface area contributed by atoms with E-state index in [1.165, 1.54) is 6.07 Å². The molecule has 0 N–H and O–H groups in total. The Morgan fingerprint density at radius 1 is 1.38 bits per heavy atom.